The van der Waals surface area contributed by atoms with Crippen LogP contribution in [0.4, 0.5) is 4.39 Å². The Kier molecular flexibility index (Phi) is 4.67. The molecule has 0 spiro atoms. The van der Waals surface area contributed by atoms with Crippen molar-refractivity contribution in [1.82, 2.24) is 20.3 Å². The molecule has 0 atom stereocenters. The van der Waals surface area contributed by atoms with E-state index in [0.29, 0.717) is 16.7 Å². The number of benzene rings is 2. The van der Waals surface area contributed by atoms with Crippen LogP contribution in [0, 0.1) is 12.7 Å². The van der Waals surface area contributed by atoms with E-state index < -0.39 is 5.82 Å². The number of carbonyl (C=O) groups is 1. The minimum Gasteiger partial charge on any atom is -0.354 e. The quantitative estimate of drug-likeness (QED) is 0.430. The molecule has 5 rings (SSSR count). The Morgan fingerprint density at radius 1 is 1.00 bits per heavy atom. The second-order valence-electron chi connectivity index (χ2n) is 7.47. The molecule has 3 heterocycles. The average molecular weight is 410 g/mol. The van der Waals surface area contributed by atoms with Gasteiger partial charge in [0.15, 0.2) is 0 Å². The third-order valence-corrected chi connectivity index (χ3v) is 5.29. The predicted molar refractivity (Wildman–Crippen MR) is 119 cm³/mol. The second kappa shape index (κ2) is 7.65. The molecule has 1 amide bonds. The van der Waals surface area contributed by atoms with Crippen LogP contribution in [0.25, 0.3) is 33.1 Å². The normalized spacial score (nSPS) is 11.2. The summed E-state index contributed by atoms with van der Waals surface area (Å²) in [6.45, 7) is 2.03. The van der Waals surface area contributed by atoms with Gasteiger partial charge in [-0.3, -0.25) is 14.8 Å². The maximum atomic E-state index is 14.6. The topological polar surface area (TPSA) is 70.7 Å². The van der Waals surface area contributed by atoms with Crippen LogP contribution in [0.3, 0.4) is 0 Å². The minimum absolute atomic E-state index is 0.184. The Labute approximate surface area is 178 Å². The molecule has 0 saturated heterocycles. The van der Waals surface area contributed by atoms with Crippen LogP contribution in [-0.4, -0.2) is 20.9 Å². The van der Waals surface area contributed by atoms with Gasteiger partial charge in [-0.1, -0.05) is 24.3 Å². The molecule has 0 aliphatic carbocycles. The number of H-pyrrole nitrogens is 1. The number of pyridine rings is 2. The largest absolute Gasteiger partial charge is 0.354 e. The van der Waals surface area contributed by atoms with Gasteiger partial charge in [-0.15, -0.1) is 0 Å². The fourth-order valence-corrected chi connectivity index (χ4v) is 3.76. The first-order valence-electron chi connectivity index (χ1n) is 9.94. The van der Waals surface area contributed by atoms with Gasteiger partial charge >= 0.3 is 0 Å². The maximum absolute atomic E-state index is 14.6. The SMILES string of the molecule is Cc1cc(-c2ncc(CNC(=O)c3ccc4c(c3)[nH]c3ccccc34)cc2F)ccn1. The van der Waals surface area contributed by atoms with Gasteiger partial charge in [0.1, 0.15) is 11.5 Å². The van der Waals surface area contributed by atoms with E-state index in [1.54, 1.807) is 30.6 Å². The molecular formula is C25H19FN4O. The van der Waals surface area contributed by atoms with Gasteiger partial charge in [0.2, 0.25) is 0 Å². The van der Waals surface area contributed by atoms with Crippen LogP contribution in [-0.2, 0) is 6.54 Å². The number of fused-ring (bicyclic) bond motifs is 3. The molecule has 5 nitrogen and oxygen atoms in total. The van der Waals surface area contributed by atoms with Crippen LogP contribution >= 0.6 is 0 Å². The molecule has 6 heteroatoms. The first-order chi connectivity index (χ1) is 15.1. The van der Waals surface area contributed by atoms with E-state index in [1.807, 2.05) is 43.3 Å². The summed E-state index contributed by atoms with van der Waals surface area (Å²) in [6, 6.07) is 18.5. The van der Waals surface area contributed by atoms with E-state index in [9.17, 15) is 9.18 Å². The van der Waals surface area contributed by atoms with Crippen LogP contribution < -0.4 is 5.32 Å². The molecule has 5 aromatic rings. The second-order valence-corrected chi connectivity index (χ2v) is 7.47. The maximum Gasteiger partial charge on any atom is 0.251 e. The molecule has 0 radical (unpaired) electrons. The van der Waals surface area contributed by atoms with Crippen molar-refractivity contribution in [2.45, 2.75) is 13.5 Å². The molecule has 0 aliphatic rings. The zero-order valence-electron chi connectivity index (χ0n) is 16.8. The molecule has 2 N–H and O–H groups in total. The molecule has 0 fully saturated rings. The van der Waals surface area contributed by atoms with Gasteiger partial charge in [0.05, 0.1) is 0 Å². The highest BCUT2D eigenvalue weighted by molar-refractivity contribution is 6.09. The summed E-state index contributed by atoms with van der Waals surface area (Å²) in [5.41, 5.74) is 4.79. The zero-order valence-corrected chi connectivity index (χ0v) is 16.8. The number of carbonyl (C=O) groups excluding carboxylic acids is 1. The molecule has 0 saturated carbocycles. The van der Waals surface area contributed by atoms with Crippen molar-refractivity contribution in [3.63, 3.8) is 0 Å². The average Bonchev–Trinajstić information content (AvgIpc) is 3.15. The Bertz CT molecular complexity index is 1440. The zero-order chi connectivity index (χ0) is 21.4. The first-order valence-corrected chi connectivity index (χ1v) is 9.94. The van der Waals surface area contributed by atoms with E-state index in [1.165, 1.54) is 6.07 Å². The highest BCUT2D eigenvalue weighted by Gasteiger charge is 2.12. The molecule has 2 aromatic carbocycles. The lowest BCUT2D eigenvalue weighted by molar-refractivity contribution is 0.0951. The van der Waals surface area contributed by atoms with E-state index in [0.717, 1.165) is 27.5 Å². The molecule has 152 valence electrons. The Morgan fingerprint density at radius 2 is 1.84 bits per heavy atom. The van der Waals surface area contributed by atoms with Crippen molar-refractivity contribution in [2.75, 3.05) is 0 Å². The van der Waals surface area contributed by atoms with Crippen molar-refractivity contribution in [3.05, 3.63) is 95.7 Å². The number of para-hydroxylation sites is 1. The van der Waals surface area contributed by atoms with E-state index in [4.69, 9.17) is 0 Å². The Balaban J connectivity index is 1.33. The number of nitrogens with one attached hydrogen (secondary N) is 2. The number of amides is 1. The van der Waals surface area contributed by atoms with Crippen molar-refractivity contribution < 1.29 is 9.18 Å². The number of halogens is 1. The number of hydrogen-bond acceptors (Lipinski definition) is 3. The smallest absolute Gasteiger partial charge is 0.251 e. The summed E-state index contributed by atoms with van der Waals surface area (Å²) >= 11 is 0. The molecular weight excluding hydrogens is 391 g/mol. The Hall–Kier alpha value is -4.06. The van der Waals surface area contributed by atoms with Crippen molar-refractivity contribution in [2.24, 2.45) is 0 Å². The van der Waals surface area contributed by atoms with Crippen molar-refractivity contribution >= 4 is 27.7 Å². The highest BCUT2D eigenvalue weighted by atomic mass is 19.1. The minimum atomic E-state index is -0.433. The number of rotatable bonds is 4. The summed E-state index contributed by atoms with van der Waals surface area (Å²) < 4.78 is 14.6. The van der Waals surface area contributed by atoms with Crippen LogP contribution in [0.2, 0.25) is 0 Å². The highest BCUT2D eigenvalue weighted by Crippen LogP contribution is 2.26. The molecule has 31 heavy (non-hydrogen) atoms. The number of aromatic nitrogens is 3. The number of aromatic amines is 1. The van der Waals surface area contributed by atoms with Gasteiger partial charge in [-0.2, -0.15) is 0 Å². The lowest BCUT2D eigenvalue weighted by Gasteiger charge is -2.08. The third-order valence-electron chi connectivity index (χ3n) is 5.29. The number of nitrogens with zero attached hydrogens (tertiary/aromatic N) is 2. The molecule has 0 unspecified atom stereocenters. The summed E-state index contributed by atoms with van der Waals surface area (Å²) in [4.78, 5) is 24.3. The van der Waals surface area contributed by atoms with Gasteiger partial charge < -0.3 is 10.3 Å². The summed E-state index contributed by atoms with van der Waals surface area (Å²) in [6.07, 6.45) is 3.21. The van der Waals surface area contributed by atoms with Gasteiger partial charge in [0, 0.05) is 57.6 Å². The van der Waals surface area contributed by atoms with Gasteiger partial charge in [-0.25, -0.2) is 4.39 Å². The standard InChI is InChI=1S/C25H19FN4O/c1-15-10-17(8-9-27-15)24-21(26)11-16(13-28-24)14-29-25(31)18-6-7-20-19-4-2-3-5-22(19)30-23(20)12-18/h2-13,30H,14H2,1H3,(H,29,31). The van der Waals surface area contributed by atoms with Crippen LogP contribution in [0.15, 0.2) is 73.1 Å². The van der Waals surface area contributed by atoms with Gasteiger partial charge in [0.25, 0.3) is 5.91 Å². The van der Waals surface area contributed by atoms with Crippen LogP contribution in [0.1, 0.15) is 21.6 Å². The number of hydrogen-bond donors (Lipinski definition) is 2. The summed E-state index contributed by atoms with van der Waals surface area (Å²) in [5.74, 6) is -0.661. The Morgan fingerprint density at radius 3 is 2.68 bits per heavy atom. The first kappa shape index (κ1) is 18.9. The van der Waals surface area contributed by atoms with E-state index >= 15 is 0 Å². The fraction of sp³-hybridized carbons (Fsp3) is 0.0800. The van der Waals surface area contributed by atoms with E-state index in [-0.39, 0.29) is 18.1 Å². The third kappa shape index (κ3) is 3.64. The summed E-state index contributed by atoms with van der Waals surface area (Å²) in [7, 11) is 0. The lowest BCUT2D eigenvalue weighted by Crippen LogP contribution is -2.22. The monoisotopic (exact) mass is 410 g/mol. The van der Waals surface area contributed by atoms with Crippen molar-refractivity contribution in [1.29, 1.82) is 0 Å². The number of aryl methyl sites for hydroxylation is 1. The molecule has 3 aromatic heterocycles. The fourth-order valence-electron chi connectivity index (χ4n) is 3.76. The van der Waals surface area contributed by atoms with Crippen LogP contribution in [0.5, 0.6) is 0 Å². The predicted octanol–water partition coefficient (Wildman–Crippen LogP) is 5.16. The lowest BCUT2D eigenvalue weighted by atomic mass is 10.1. The van der Waals surface area contributed by atoms with E-state index in [2.05, 4.69) is 20.3 Å². The van der Waals surface area contributed by atoms with Gasteiger partial charge in [-0.05, 0) is 48.9 Å². The van der Waals surface area contributed by atoms with Crippen molar-refractivity contribution in [3.8, 4) is 11.3 Å². The molecule has 0 aliphatic heterocycles. The molecule has 0 bridgehead atoms. The summed E-state index contributed by atoms with van der Waals surface area (Å²) in [5, 5.41) is 5.03.